The zero-order chi connectivity index (χ0) is 29.0. The molecule has 0 spiro atoms. The minimum Gasteiger partial charge on any atom is -0.362 e. The number of anilines is 3. The van der Waals surface area contributed by atoms with Crippen LogP contribution in [0.15, 0.2) is 29.1 Å². The van der Waals surface area contributed by atoms with E-state index in [0.29, 0.717) is 50.6 Å². The molecule has 0 bridgehead atoms. The Morgan fingerprint density at radius 3 is 2.35 bits per heavy atom. The number of nitrogens with zero attached hydrogens (tertiary/aromatic N) is 6. The average Bonchev–Trinajstić information content (AvgIpc) is 3.34. The monoisotopic (exact) mass is 565 g/mol. The zero-order valence-corrected chi connectivity index (χ0v) is 22.2. The van der Waals surface area contributed by atoms with Crippen molar-refractivity contribution in [3.05, 3.63) is 45.9 Å². The Bertz CT molecular complexity index is 1430. The Hall–Kier alpha value is -4.18. The molecule has 3 N–H and O–H groups in total. The molecule has 3 heterocycles. The summed E-state index contributed by atoms with van der Waals surface area (Å²) in [6.45, 7) is 5.35. The highest BCUT2D eigenvalue weighted by molar-refractivity contribution is 5.91. The van der Waals surface area contributed by atoms with Crippen molar-refractivity contribution in [1.82, 2.24) is 29.5 Å². The summed E-state index contributed by atoms with van der Waals surface area (Å²) in [5, 5.41) is 9.87. The van der Waals surface area contributed by atoms with Gasteiger partial charge in [-0.1, -0.05) is 0 Å². The second-order valence-electron chi connectivity index (χ2n) is 9.11. The predicted octanol–water partition coefficient (Wildman–Crippen LogP) is 1.09. The number of benzene rings is 1. The second-order valence-corrected chi connectivity index (χ2v) is 9.11. The molecule has 40 heavy (non-hydrogen) atoms. The van der Waals surface area contributed by atoms with E-state index in [9.17, 15) is 27.6 Å². The lowest BCUT2D eigenvalue weighted by molar-refractivity contribution is -0.137. The number of rotatable bonds is 9. The van der Waals surface area contributed by atoms with Gasteiger partial charge in [0.2, 0.25) is 23.5 Å². The van der Waals surface area contributed by atoms with E-state index in [4.69, 9.17) is 4.84 Å². The van der Waals surface area contributed by atoms with Crippen molar-refractivity contribution in [2.24, 2.45) is 0 Å². The molecule has 0 aliphatic carbocycles. The molecule has 16 heteroatoms. The van der Waals surface area contributed by atoms with Crippen LogP contribution in [0.25, 0.3) is 5.78 Å². The Kier molecular flexibility index (Phi) is 8.58. The van der Waals surface area contributed by atoms with E-state index in [1.807, 2.05) is 4.90 Å². The van der Waals surface area contributed by atoms with Crippen molar-refractivity contribution >= 4 is 34.9 Å². The number of amides is 2. The highest BCUT2D eigenvalue weighted by atomic mass is 19.4. The maximum absolute atomic E-state index is 13.6. The van der Waals surface area contributed by atoms with E-state index in [2.05, 4.69) is 26.2 Å². The smallest absolute Gasteiger partial charge is 0.362 e. The lowest BCUT2D eigenvalue weighted by atomic mass is 10.2. The molecule has 1 saturated heterocycles. The van der Waals surface area contributed by atoms with Crippen LogP contribution in [0.2, 0.25) is 0 Å². The van der Waals surface area contributed by atoms with Gasteiger partial charge in [0.05, 0.1) is 12.7 Å². The van der Waals surface area contributed by atoms with E-state index < -0.39 is 23.2 Å². The Labute approximate surface area is 226 Å². The SMILES string of the molecule is CONCCNc1nc2n(CC(=O)Nc3ccc(C(F)(F)F)cc3)c(C)c(N3CCN(C(C)=O)CC3)c(=O)n2n1. The molecule has 4 rings (SSSR count). The van der Waals surface area contributed by atoms with E-state index in [1.165, 1.54) is 30.7 Å². The number of hydrogen-bond donors (Lipinski definition) is 3. The summed E-state index contributed by atoms with van der Waals surface area (Å²) in [6, 6.07) is 4.10. The Morgan fingerprint density at radius 2 is 1.75 bits per heavy atom. The number of piperazine rings is 1. The maximum Gasteiger partial charge on any atom is 0.416 e. The summed E-state index contributed by atoms with van der Waals surface area (Å²) in [5.74, 6) is -0.329. The van der Waals surface area contributed by atoms with E-state index in [0.717, 1.165) is 16.6 Å². The van der Waals surface area contributed by atoms with Crippen molar-refractivity contribution in [2.45, 2.75) is 26.6 Å². The average molecular weight is 566 g/mol. The van der Waals surface area contributed by atoms with Gasteiger partial charge in [-0.05, 0) is 31.2 Å². The van der Waals surface area contributed by atoms with Crippen LogP contribution in [0, 0.1) is 6.92 Å². The molecule has 3 aromatic rings. The van der Waals surface area contributed by atoms with Crippen molar-refractivity contribution in [3.8, 4) is 0 Å². The number of carbonyl (C=O) groups excluding carboxylic acids is 2. The van der Waals surface area contributed by atoms with Crippen LogP contribution in [0.1, 0.15) is 18.2 Å². The topological polar surface area (TPSA) is 138 Å². The van der Waals surface area contributed by atoms with Crippen LogP contribution in [0.3, 0.4) is 0 Å². The lowest BCUT2D eigenvalue weighted by Gasteiger charge is -2.36. The number of alkyl halides is 3. The molecule has 1 fully saturated rings. The van der Waals surface area contributed by atoms with Gasteiger partial charge in [0.25, 0.3) is 5.56 Å². The third-order valence-electron chi connectivity index (χ3n) is 6.47. The number of hydrogen-bond acceptors (Lipinski definition) is 9. The first-order chi connectivity index (χ1) is 19.0. The van der Waals surface area contributed by atoms with Gasteiger partial charge in [-0.3, -0.25) is 14.4 Å². The highest BCUT2D eigenvalue weighted by Gasteiger charge is 2.30. The van der Waals surface area contributed by atoms with Crippen molar-refractivity contribution < 1.29 is 27.6 Å². The number of nitrogens with one attached hydrogen (secondary N) is 3. The zero-order valence-electron chi connectivity index (χ0n) is 22.2. The Balaban J connectivity index is 1.65. The molecular weight excluding hydrogens is 535 g/mol. The minimum atomic E-state index is -4.49. The molecule has 13 nitrogen and oxygen atoms in total. The molecule has 1 aliphatic heterocycles. The van der Waals surface area contributed by atoms with E-state index in [-0.39, 0.29) is 29.9 Å². The molecular formula is C24H30F3N9O4. The van der Waals surface area contributed by atoms with Crippen LogP contribution in [0.4, 0.5) is 30.5 Å². The molecule has 0 unspecified atom stereocenters. The fourth-order valence-electron chi connectivity index (χ4n) is 4.43. The number of halogens is 3. The van der Waals surface area contributed by atoms with Crippen LogP contribution in [-0.4, -0.2) is 82.3 Å². The van der Waals surface area contributed by atoms with Gasteiger partial charge in [0.15, 0.2) is 0 Å². The first-order valence-electron chi connectivity index (χ1n) is 12.5. The minimum absolute atomic E-state index is 0.0564. The molecule has 1 aliphatic rings. The lowest BCUT2D eigenvalue weighted by Crippen LogP contribution is -2.50. The molecule has 0 saturated carbocycles. The molecule has 216 valence electrons. The fraction of sp³-hybridized carbons (Fsp3) is 0.458. The number of fused-ring (bicyclic) bond motifs is 1. The summed E-state index contributed by atoms with van der Waals surface area (Å²) in [5.41, 5.74) is 2.36. The van der Waals surface area contributed by atoms with Gasteiger partial charge >= 0.3 is 6.18 Å². The first kappa shape index (κ1) is 28.8. The molecule has 1 aromatic carbocycles. The third kappa shape index (κ3) is 6.34. The van der Waals surface area contributed by atoms with Crippen molar-refractivity contribution in [1.29, 1.82) is 0 Å². The molecule has 2 amide bonds. The summed E-state index contributed by atoms with van der Waals surface area (Å²) in [4.78, 5) is 51.1. The molecule has 0 radical (unpaired) electrons. The summed E-state index contributed by atoms with van der Waals surface area (Å²) < 4.78 is 41.3. The van der Waals surface area contributed by atoms with E-state index >= 15 is 0 Å². The Morgan fingerprint density at radius 1 is 1.07 bits per heavy atom. The van der Waals surface area contributed by atoms with Gasteiger partial charge in [0, 0.05) is 57.6 Å². The number of hydroxylamine groups is 1. The molecule has 2 aromatic heterocycles. The van der Waals surface area contributed by atoms with Gasteiger partial charge in [-0.15, -0.1) is 5.10 Å². The second kappa shape index (κ2) is 11.9. The third-order valence-corrected chi connectivity index (χ3v) is 6.47. The van der Waals surface area contributed by atoms with Gasteiger partial charge in [0.1, 0.15) is 12.2 Å². The highest BCUT2D eigenvalue weighted by Crippen LogP contribution is 2.30. The maximum atomic E-state index is 13.6. The van der Waals surface area contributed by atoms with Crippen molar-refractivity contribution in [3.63, 3.8) is 0 Å². The van der Waals surface area contributed by atoms with Crippen LogP contribution >= 0.6 is 0 Å². The predicted molar refractivity (Wildman–Crippen MR) is 140 cm³/mol. The fourth-order valence-corrected chi connectivity index (χ4v) is 4.43. The summed E-state index contributed by atoms with van der Waals surface area (Å²) in [6.07, 6.45) is -4.49. The quantitative estimate of drug-likeness (QED) is 0.257. The van der Waals surface area contributed by atoms with E-state index in [1.54, 1.807) is 11.8 Å². The molecule has 0 atom stereocenters. The standard InChI is InChI=1S/C24H30F3N9O4/c1-15-20(34-12-10-33(11-13-34)16(2)37)21(39)36-23(31-22(32-36)28-8-9-29-40-3)35(15)14-19(38)30-18-6-4-17(5-7-18)24(25,26)27/h4-7,29H,8-14H2,1-3H3,(H,28,32)(H,30,38). The van der Waals surface area contributed by atoms with Gasteiger partial charge in [-0.25, -0.2) is 5.48 Å². The first-order valence-corrected chi connectivity index (χ1v) is 12.5. The summed E-state index contributed by atoms with van der Waals surface area (Å²) in [7, 11) is 1.48. The van der Waals surface area contributed by atoms with Crippen molar-refractivity contribution in [2.75, 3.05) is 61.9 Å². The number of carbonyl (C=O) groups is 2. The van der Waals surface area contributed by atoms with Crippen LogP contribution in [-0.2, 0) is 27.1 Å². The van der Waals surface area contributed by atoms with Crippen LogP contribution in [0.5, 0.6) is 0 Å². The normalized spacial score (nSPS) is 14.1. The van der Waals surface area contributed by atoms with Crippen LogP contribution < -0.4 is 26.6 Å². The number of aromatic nitrogens is 4. The summed E-state index contributed by atoms with van der Waals surface area (Å²) >= 11 is 0. The van der Waals surface area contributed by atoms with Gasteiger partial charge < -0.3 is 29.8 Å². The largest absolute Gasteiger partial charge is 0.416 e. The van der Waals surface area contributed by atoms with Gasteiger partial charge in [-0.2, -0.15) is 22.7 Å².